The van der Waals surface area contributed by atoms with Crippen LogP contribution in [-0.2, 0) is 6.42 Å². The van der Waals surface area contributed by atoms with E-state index >= 15 is 0 Å². The molecule has 2 heterocycles. The molecule has 3 rings (SSSR count). The van der Waals surface area contributed by atoms with E-state index in [1.165, 1.54) is 11.1 Å². The standard InChI is InChI=1S/C15H19N3/c1-18-9-8-16-11-14(18)10-13-7-6-12-4-2-3-5-15(12)17-13/h2-7,14,16H,8-11H2,1H3. The first-order chi connectivity index (χ1) is 8.83. The Balaban J connectivity index is 1.81. The summed E-state index contributed by atoms with van der Waals surface area (Å²) in [5.41, 5.74) is 2.29. The Kier molecular flexibility index (Phi) is 3.26. The van der Waals surface area contributed by atoms with Crippen molar-refractivity contribution >= 4 is 10.9 Å². The van der Waals surface area contributed by atoms with Crippen LogP contribution in [0.2, 0.25) is 0 Å². The van der Waals surface area contributed by atoms with Crippen LogP contribution in [-0.4, -0.2) is 42.6 Å². The molecule has 1 saturated heterocycles. The molecule has 1 atom stereocenters. The quantitative estimate of drug-likeness (QED) is 0.867. The van der Waals surface area contributed by atoms with Crippen molar-refractivity contribution in [3.63, 3.8) is 0 Å². The molecule has 1 unspecified atom stereocenters. The molecule has 94 valence electrons. The van der Waals surface area contributed by atoms with Gasteiger partial charge in [-0.25, -0.2) is 0 Å². The van der Waals surface area contributed by atoms with Crippen LogP contribution in [0.25, 0.3) is 10.9 Å². The van der Waals surface area contributed by atoms with Crippen molar-refractivity contribution in [1.29, 1.82) is 0 Å². The van der Waals surface area contributed by atoms with Crippen molar-refractivity contribution in [2.24, 2.45) is 0 Å². The van der Waals surface area contributed by atoms with Gasteiger partial charge in [-0.05, 0) is 19.2 Å². The SMILES string of the molecule is CN1CCNCC1Cc1ccc2ccccc2n1. The summed E-state index contributed by atoms with van der Waals surface area (Å²) in [4.78, 5) is 7.17. The number of nitrogens with one attached hydrogen (secondary N) is 1. The lowest BCUT2D eigenvalue weighted by Gasteiger charge is -2.32. The molecule has 1 N–H and O–H groups in total. The second-order valence-corrected chi connectivity index (χ2v) is 5.04. The van der Waals surface area contributed by atoms with Gasteiger partial charge in [0.15, 0.2) is 0 Å². The van der Waals surface area contributed by atoms with Gasteiger partial charge in [0.05, 0.1) is 5.52 Å². The van der Waals surface area contributed by atoms with Crippen LogP contribution in [0, 0.1) is 0 Å². The molecule has 0 bridgehead atoms. The number of likely N-dealkylation sites (N-methyl/N-ethyl adjacent to an activating group) is 1. The highest BCUT2D eigenvalue weighted by Gasteiger charge is 2.19. The maximum Gasteiger partial charge on any atom is 0.0705 e. The third-order valence-corrected chi connectivity index (χ3v) is 3.75. The summed E-state index contributed by atoms with van der Waals surface area (Å²) in [7, 11) is 2.20. The monoisotopic (exact) mass is 241 g/mol. The highest BCUT2D eigenvalue weighted by molar-refractivity contribution is 5.78. The molecule has 3 nitrogen and oxygen atoms in total. The van der Waals surface area contributed by atoms with Gasteiger partial charge in [0, 0.05) is 43.2 Å². The zero-order valence-electron chi connectivity index (χ0n) is 10.8. The third kappa shape index (κ3) is 2.37. The maximum absolute atomic E-state index is 4.75. The molecule has 0 radical (unpaired) electrons. The van der Waals surface area contributed by atoms with Crippen molar-refractivity contribution in [3.8, 4) is 0 Å². The minimum atomic E-state index is 0.562. The number of fused-ring (bicyclic) bond motifs is 1. The van der Waals surface area contributed by atoms with Gasteiger partial charge in [-0.15, -0.1) is 0 Å². The molecule has 1 aliphatic heterocycles. The second-order valence-electron chi connectivity index (χ2n) is 5.04. The van der Waals surface area contributed by atoms with Crippen LogP contribution >= 0.6 is 0 Å². The first-order valence-corrected chi connectivity index (χ1v) is 6.58. The summed E-state index contributed by atoms with van der Waals surface area (Å²) in [5.74, 6) is 0. The van der Waals surface area contributed by atoms with E-state index in [0.717, 1.165) is 31.6 Å². The summed E-state index contributed by atoms with van der Waals surface area (Å²) in [6, 6.07) is 13.2. The van der Waals surface area contributed by atoms with Crippen molar-refractivity contribution in [2.45, 2.75) is 12.5 Å². The molecule has 0 spiro atoms. The van der Waals surface area contributed by atoms with Crippen LogP contribution in [0.3, 0.4) is 0 Å². The number of aromatic nitrogens is 1. The fourth-order valence-corrected chi connectivity index (χ4v) is 2.55. The topological polar surface area (TPSA) is 28.2 Å². The van der Waals surface area contributed by atoms with Gasteiger partial charge in [-0.1, -0.05) is 24.3 Å². The molecule has 2 aromatic rings. The Hall–Kier alpha value is -1.45. The van der Waals surface area contributed by atoms with Crippen LogP contribution in [0.4, 0.5) is 0 Å². The number of piperazine rings is 1. The number of para-hydroxylation sites is 1. The normalized spacial score (nSPS) is 21.3. The van der Waals surface area contributed by atoms with E-state index in [2.05, 4.69) is 47.6 Å². The molecule has 1 fully saturated rings. The molecule has 1 aliphatic rings. The van der Waals surface area contributed by atoms with Gasteiger partial charge in [-0.3, -0.25) is 4.98 Å². The minimum absolute atomic E-state index is 0.562. The summed E-state index contributed by atoms with van der Waals surface area (Å²) < 4.78 is 0. The summed E-state index contributed by atoms with van der Waals surface area (Å²) in [5, 5.41) is 4.67. The van der Waals surface area contributed by atoms with Gasteiger partial charge in [0.2, 0.25) is 0 Å². The predicted molar refractivity (Wildman–Crippen MR) is 74.7 cm³/mol. The molecule has 1 aromatic carbocycles. The van der Waals surface area contributed by atoms with E-state index in [9.17, 15) is 0 Å². The number of hydrogen-bond acceptors (Lipinski definition) is 3. The number of pyridine rings is 1. The lowest BCUT2D eigenvalue weighted by atomic mass is 10.1. The molecular formula is C15H19N3. The number of hydrogen-bond donors (Lipinski definition) is 1. The third-order valence-electron chi connectivity index (χ3n) is 3.75. The van der Waals surface area contributed by atoms with E-state index in [4.69, 9.17) is 4.98 Å². The zero-order chi connectivity index (χ0) is 12.4. The van der Waals surface area contributed by atoms with Gasteiger partial charge >= 0.3 is 0 Å². The van der Waals surface area contributed by atoms with E-state index in [1.807, 2.05) is 6.07 Å². The molecule has 1 aromatic heterocycles. The van der Waals surface area contributed by atoms with Crippen molar-refractivity contribution in [3.05, 3.63) is 42.1 Å². The Morgan fingerprint density at radius 3 is 3.06 bits per heavy atom. The van der Waals surface area contributed by atoms with E-state index in [0.29, 0.717) is 6.04 Å². The van der Waals surface area contributed by atoms with E-state index in [1.54, 1.807) is 0 Å². The van der Waals surface area contributed by atoms with Gasteiger partial charge in [0.25, 0.3) is 0 Å². The predicted octanol–water partition coefficient (Wildman–Crippen LogP) is 1.68. The Morgan fingerprint density at radius 2 is 2.17 bits per heavy atom. The van der Waals surface area contributed by atoms with Gasteiger partial charge < -0.3 is 10.2 Å². The van der Waals surface area contributed by atoms with Crippen LogP contribution in [0.5, 0.6) is 0 Å². The fraction of sp³-hybridized carbons (Fsp3) is 0.400. The van der Waals surface area contributed by atoms with Crippen LogP contribution in [0.1, 0.15) is 5.69 Å². The first kappa shape index (κ1) is 11.6. The van der Waals surface area contributed by atoms with E-state index < -0.39 is 0 Å². The van der Waals surface area contributed by atoms with Gasteiger partial charge in [0.1, 0.15) is 0 Å². The zero-order valence-corrected chi connectivity index (χ0v) is 10.8. The highest BCUT2D eigenvalue weighted by Crippen LogP contribution is 2.14. The molecule has 18 heavy (non-hydrogen) atoms. The second kappa shape index (κ2) is 5.04. The maximum atomic E-state index is 4.75. The van der Waals surface area contributed by atoms with Crippen molar-refractivity contribution in [1.82, 2.24) is 15.2 Å². The Labute approximate surface area is 108 Å². The minimum Gasteiger partial charge on any atom is -0.314 e. The average molecular weight is 241 g/mol. The summed E-state index contributed by atoms with van der Waals surface area (Å²) >= 11 is 0. The summed E-state index contributed by atoms with van der Waals surface area (Å²) in [6.07, 6.45) is 1.02. The lowest BCUT2D eigenvalue weighted by Crippen LogP contribution is -2.50. The first-order valence-electron chi connectivity index (χ1n) is 6.58. The fourth-order valence-electron chi connectivity index (χ4n) is 2.55. The number of benzene rings is 1. The smallest absolute Gasteiger partial charge is 0.0705 e. The Bertz CT molecular complexity index is 538. The van der Waals surface area contributed by atoms with Crippen molar-refractivity contribution < 1.29 is 0 Å². The number of nitrogens with zero attached hydrogens (tertiary/aromatic N) is 2. The summed E-state index contributed by atoms with van der Waals surface area (Å²) in [6.45, 7) is 3.28. The van der Waals surface area contributed by atoms with E-state index in [-0.39, 0.29) is 0 Å². The molecule has 0 amide bonds. The lowest BCUT2D eigenvalue weighted by molar-refractivity contribution is 0.198. The van der Waals surface area contributed by atoms with Gasteiger partial charge in [-0.2, -0.15) is 0 Å². The average Bonchev–Trinajstić information content (AvgIpc) is 2.41. The highest BCUT2D eigenvalue weighted by atomic mass is 15.2. The molecule has 0 aliphatic carbocycles. The largest absolute Gasteiger partial charge is 0.314 e. The Morgan fingerprint density at radius 1 is 1.28 bits per heavy atom. The van der Waals surface area contributed by atoms with Crippen molar-refractivity contribution in [2.75, 3.05) is 26.7 Å². The molecule has 0 saturated carbocycles. The van der Waals surface area contributed by atoms with Crippen LogP contribution in [0.15, 0.2) is 36.4 Å². The van der Waals surface area contributed by atoms with Crippen LogP contribution < -0.4 is 5.32 Å². The molecular weight excluding hydrogens is 222 g/mol. The molecule has 3 heteroatoms. The number of rotatable bonds is 2.